The first-order valence-electron chi connectivity index (χ1n) is 9.66. The summed E-state index contributed by atoms with van der Waals surface area (Å²) in [7, 11) is 0. The molecule has 5 unspecified atom stereocenters. The molecule has 2 rings (SSSR count). The number of rotatable bonds is 10. The zero-order chi connectivity index (χ0) is 21.6. The van der Waals surface area contributed by atoms with Gasteiger partial charge in [0.15, 0.2) is 12.6 Å². The van der Waals surface area contributed by atoms with Crippen LogP contribution in [-0.2, 0) is 18.9 Å². The molecule has 0 bridgehead atoms. The molecule has 0 aromatic heterocycles. The normalized spacial score (nSPS) is 43.4. The van der Waals surface area contributed by atoms with Crippen LogP contribution in [0.25, 0.3) is 0 Å². The van der Waals surface area contributed by atoms with E-state index in [-0.39, 0.29) is 6.61 Å². The second-order valence-electron chi connectivity index (χ2n) is 7.16. The summed E-state index contributed by atoms with van der Waals surface area (Å²) in [6.45, 7) is -0.965. The lowest BCUT2D eigenvalue weighted by Gasteiger charge is -2.45. The Labute approximate surface area is 174 Å². The maximum absolute atomic E-state index is 10.5. The van der Waals surface area contributed by atoms with Crippen LogP contribution in [0.15, 0.2) is 0 Å². The third-order valence-corrected chi connectivity index (χ3v) is 5.36. The third-order valence-electron chi connectivity index (χ3n) is 5.04. The molecule has 2 saturated heterocycles. The standard InChI is InChI=1S/C17H32O11S/c18-6-8-10(20)11(21)13(23)17(26-8)28-15-9(7-19)27-16(14(24)12(15)22)25-4-2-1-3-5-29/h8-24,29H,1-7H2/t8?,9?,10-,11?,12?,13?,14-,15+,16+,17-/m0/s1. The number of hydrogen-bond donors (Lipinski definition) is 8. The number of thiol groups is 1. The Bertz CT molecular complexity index is 469. The highest BCUT2D eigenvalue weighted by Crippen LogP contribution is 2.29. The fourth-order valence-electron chi connectivity index (χ4n) is 3.28. The lowest BCUT2D eigenvalue weighted by molar-refractivity contribution is -0.359. The van der Waals surface area contributed by atoms with E-state index in [0.29, 0.717) is 6.42 Å². The van der Waals surface area contributed by atoms with E-state index in [4.69, 9.17) is 18.9 Å². The zero-order valence-electron chi connectivity index (χ0n) is 15.9. The first kappa shape index (κ1) is 25.2. The molecular weight excluding hydrogens is 412 g/mol. The van der Waals surface area contributed by atoms with E-state index in [9.17, 15) is 35.7 Å². The number of hydrogen-bond acceptors (Lipinski definition) is 12. The van der Waals surface area contributed by atoms with Gasteiger partial charge in [-0.05, 0) is 18.6 Å². The number of aliphatic hydroxyl groups is 7. The molecule has 0 spiro atoms. The van der Waals surface area contributed by atoms with E-state index in [2.05, 4.69) is 12.6 Å². The second kappa shape index (κ2) is 12.1. The van der Waals surface area contributed by atoms with Crippen LogP contribution in [0.4, 0.5) is 0 Å². The molecule has 29 heavy (non-hydrogen) atoms. The SMILES string of the molecule is OCC1O[C@@H](O[C@@H]2C(CO)O[C@@H](OCCCCCS)[C@@H](O)C2O)C(O)C(O)[C@H]1O. The minimum Gasteiger partial charge on any atom is -0.394 e. The minimum absolute atomic E-state index is 0.276. The predicted octanol–water partition coefficient (Wildman–Crippen LogP) is -3.27. The maximum atomic E-state index is 10.5. The molecule has 10 atom stereocenters. The smallest absolute Gasteiger partial charge is 0.187 e. The summed E-state index contributed by atoms with van der Waals surface area (Å²) in [5.74, 6) is 0.755. The third kappa shape index (κ3) is 6.21. The summed E-state index contributed by atoms with van der Waals surface area (Å²) < 4.78 is 21.7. The lowest BCUT2D eigenvalue weighted by atomic mass is 9.97. The van der Waals surface area contributed by atoms with Gasteiger partial charge >= 0.3 is 0 Å². The number of unbranched alkanes of at least 4 members (excludes halogenated alkanes) is 2. The number of aliphatic hydroxyl groups excluding tert-OH is 7. The van der Waals surface area contributed by atoms with E-state index in [0.717, 1.165) is 18.6 Å². The fraction of sp³-hybridized carbons (Fsp3) is 1.00. The zero-order valence-corrected chi connectivity index (χ0v) is 16.8. The first-order chi connectivity index (χ1) is 13.8. The van der Waals surface area contributed by atoms with Crippen molar-refractivity contribution in [3.8, 4) is 0 Å². The van der Waals surface area contributed by atoms with Gasteiger partial charge < -0.3 is 54.7 Å². The molecule has 0 aliphatic carbocycles. The van der Waals surface area contributed by atoms with Gasteiger partial charge in [0, 0.05) is 6.61 Å². The first-order valence-corrected chi connectivity index (χ1v) is 10.3. The quantitative estimate of drug-likeness (QED) is 0.125. The van der Waals surface area contributed by atoms with Crippen LogP contribution in [0.5, 0.6) is 0 Å². The van der Waals surface area contributed by atoms with Crippen LogP contribution in [0.2, 0.25) is 0 Å². The topological polar surface area (TPSA) is 179 Å². The van der Waals surface area contributed by atoms with Gasteiger partial charge in [-0.1, -0.05) is 6.42 Å². The van der Waals surface area contributed by atoms with Crippen molar-refractivity contribution >= 4 is 12.6 Å². The van der Waals surface area contributed by atoms with Crippen LogP contribution in [-0.4, -0.2) is 123 Å². The molecule has 2 heterocycles. The largest absolute Gasteiger partial charge is 0.394 e. The van der Waals surface area contributed by atoms with Crippen molar-refractivity contribution < 1.29 is 54.7 Å². The lowest BCUT2D eigenvalue weighted by Crippen LogP contribution is -2.64. The van der Waals surface area contributed by atoms with Crippen molar-refractivity contribution in [3.05, 3.63) is 0 Å². The van der Waals surface area contributed by atoms with Crippen LogP contribution in [0.1, 0.15) is 19.3 Å². The van der Waals surface area contributed by atoms with Crippen molar-refractivity contribution in [1.29, 1.82) is 0 Å². The average Bonchev–Trinajstić information content (AvgIpc) is 2.72. The molecule has 7 N–H and O–H groups in total. The van der Waals surface area contributed by atoms with Gasteiger partial charge in [-0.25, -0.2) is 0 Å². The summed E-state index contributed by atoms with van der Waals surface area (Å²) in [5.41, 5.74) is 0. The summed E-state index contributed by atoms with van der Waals surface area (Å²) >= 11 is 4.12. The summed E-state index contributed by atoms with van der Waals surface area (Å²) in [6, 6.07) is 0. The summed E-state index contributed by atoms with van der Waals surface area (Å²) in [6.07, 6.45) is -11.9. The van der Waals surface area contributed by atoms with Crippen molar-refractivity contribution in [2.24, 2.45) is 0 Å². The van der Waals surface area contributed by atoms with Crippen LogP contribution >= 0.6 is 12.6 Å². The van der Waals surface area contributed by atoms with Crippen molar-refractivity contribution in [2.75, 3.05) is 25.6 Å². The van der Waals surface area contributed by atoms with Gasteiger partial charge in [0.05, 0.1) is 13.2 Å². The molecule has 0 aromatic carbocycles. The Kier molecular flexibility index (Phi) is 10.5. The Morgan fingerprint density at radius 3 is 1.93 bits per heavy atom. The maximum Gasteiger partial charge on any atom is 0.187 e. The number of ether oxygens (including phenoxy) is 4. The average molecular weight is 444 g/mol. The molecule has 0 radical (unpaired) electrons. The van der Waals surface area contributed by atoms with Crippen LogP contribution in [0, 0.1) is 0 Å². The van der Waals surface area contributed by atoms with Gasteiger partial charge in [-0.3, -0.25) is 0 Å². The van der Waals surface area contributed by atoms with Crippen molar-refractivity contribution in [1.82, 2.24) is 0 Å². The molecule has 172 valence electrons. The van der Waals surface area contributed by atoms with Crippen LogP contribution in [0.3, 0.4) is 0 Å². The highest BCUT2D eigenvalue weighted by Gasteiger charge is 2.50. The van der Waals surface area contributed by atoms with Gasteiger partial charge in [-0.2, -0.15) is 12.6 Å². The molecule has 2 aliphatic rings. The van der Waals surface area contributed by atoms with E-state index >= 15 is 0 Å². The van der Waals surface area contributed by atoms with Crippen molar-refractivity contribution in [2.45, 2.75) is 80.7 Å². The minimum atomic E-state index is -1.70. The van der Waals surface area contributed by atoms with E-state index in [1.165, 1.54) is 0 Å². The summed E-state index contributed by atoms with van der Waals surface area (Å²) in [4.78, 5) is 0. The van der Waals surface area contributed by atoms with E-state index in [1.54, 1.807) is 0 Å². The van der Waals surface area contributed by atoms with Crippen molar-refractivity contribution in [3.63, 3.8) is 0 Å². The fourth-order valence-corrected chi connectivity index (χ4v) is 3.51. The van der Waals surface area contributed by atoms with E-state index in [1.807, 2.05) is 0 Å². The monoisotopic (exact) mass is 444 g/mol. The Morgan fingerprint density at radius 1 is 0.690 bits per heavy atom. The molecule has 2 aliphatic heterocycles. The predicted molar refractivity (Wildman–Crippen MR) is 100 cm³/mol. The van der Waals surface area contributed by atoms with Gasteiger partial charge in [0.2, 0.25) is 0 Å². The molecule has 12 heteroatoms. The molecule has 0 saturated carbocycles. The Hall–Kier alpha value is -0.0900. The van der Waals surface area contributed by atoms with Gasteiger partial charge in [0.25, 0.3) is 0 Å². The molecule has 0 amide bonds. The Balaban J connectivity index is 1.98. The molecule has 2 fully saturated rings. The van der Waals surface area contributed by atoms with E-state index < -0.39 is 74.6 Å². The molecule has 11 nitrogen and oxygen atoms in total. The Morgan fingerprint density at radius 2 is 1.31 bits per heavy atom. The molecule has 0 aromatic rings. The van der Waals surface area contributed by atoms with Gasteiger partial charge in [-0.15, -0.1) is 0 Å². The summed E-state index contributed by atoms with van der Waals surface area (Å²) in [5, 5.41) is 69.4. The van der Waals surface area contributed by atoms with Gasteiger partial charge in [0.1, 0.15) is 48.8 Å². The van der Waals surface area contributed by atoms with Crippen LogP contribution < -0.4 is 0 Å². The second-order valence-corrected chi connectivity index (χ2v) is 7.61. The molecular formula is C17H32O11S. The highest BCUT2D eigenvalue weighted by molar-refractivity contribution is 7.80. The highest BCUT2D eigenvalue weighted by atomic mass is 32.1.